The fourth-order valence-corrected chi connectivity index (χ4v) is 3.42. The van der Waals surface area contributed by atoms with E-state index in [0.29, 0.717) is 13.0 Å². The summed E-state index contributed by atoms with van der Waals surface area (Å²) in [5, 5.41) is 0. The molecule has 0 saturated heterocycles. The second kappa shape index (κ2) is 22.0. The molecule has 4 nitrogen and oxygen atoms in total. The molecule has 1 atom stereocenters. The van der Waals surface area contributed by atoms with Gasteiger partial charge in [0.1, 0.15) is 6.79 Å². The van der Waals surface area contributed by atoms with Crippen LogP contribution in [-0.2, 0) is 18.6 Å². The van der Waals surface area contributed by atoms with Crippen molar-refractivity contribution in [2.24, 2.45) is 0 Å². The lowest BCUT2D eigenvalue weighted by Gasteiger charge is -2.06. The number of hydrogen-bond acceptors (Lipinski definition) is 4. The Morgan fingerprint density at radius 2 is 1.08 bits per heavy atom. The van der Waals surface area contributed by atoms with Crippen molar-refractivity contribution in [3.05, 3.63) is 0 Å². The maximum absolute atomic E-state index is 11.1. The zero-order chi connectivity index (χ0) is 18.4. The summed E-state index contributed by atoms with van der Waals surface area (Å²) in [4.78, 5) is 0. The molecular weight excluding hydrogens is 335 g/mol. The molecular formula is C20H42O4P+. The standard InChI is InChI=1S/C20H42O4P/c1-3-4-5-6-7-8-11-14-17-23-20-24-18-15-12-9-10-13-16-19-25(21)22-2/h3-20H2,1-2H3/q+1. The molecule has 0 aliphatic carbocycles. The van der Waals surface area contributed by atoms with Crippen LogP contribution in [0.2, 0.25) is 0 Å². The lowest BCUT2D eigenvalue weighted by atomic mass is 10.1. The topological polar surface area (TPSA) is 44.8 Å². The Bertz CT molecular complexity index is 274. The van der Waals surface area contributed by atoms with Crippen molar-refractivity contribution in [1.29, 1.82) is 0 Å². The van der Waals surface area contributed by atoms with Gasteiger partial charge < -0.3 is 9.47 Å². The van der Waals surface area contributed by atoms with Gasteiger partial charge in [-0.3, -0.25) is 0 Å². The molecule has 0 aromatic heterocycles. The fourth-order valence-electron chi connectivity index (χ4n) is 2.76. The average molecular weight is 378 g/mol. The molecule has 0 heterocycles. The summed E-state index contributed by atoms with van der Waals surface area (Å²) in [6.07, 6.45) is 18.3. The van der Waals surface area contributed by atoms with Gasteiger partial charge in [0.15, 0.2) is 6.16 Å². The maximum Gasteiger partial charge on any atom is 0.507 e. The second-order valence-electron chi connectivity index (χ2n) is 6.77. The van der Waals surface area contributed by atoms with E-state index in [-0.39, 0.29) is 0 Å². The molecule has 5 heteroatoms. The van der Waals surface area contributed by atoms with Crippen molar-refractivity contribution in [1.82, 2.24) is 0 Å². The summed E-state index contributed by atoms with van der Waals surface area (Å²) in [6.45, 7) is 4.34. The molecule has 1 unspecified atom stereocenters. The van der Waals surface area contributed by atoms with Crippen molar-refractivity contribution in [3.8, 4) is 0 Å². The molecule has 0 radical (unpaired) electrons. The Labute approximate surface area is 157 Å². The quantitative estimate of drug-likeness (QED) is 0.125. The predicted octanol–water partition coefficient (Wildman–Crippen LogP) is 6.85. The summed E-state index contributed by atoms with van der Waals surface area (Å²) >= 11 is 0. The van der Waals surface area contributed by atoms with Gasteiger partial charge in [0.2, 0.25) is 0 Å². The van der Waals surface area contributed by atoms with Crippen molar-refractivity contribution < 1.29 is 18.6 Å². The van der Waals surface area contributed by atoms with Crippen molar-refractivity contribution in [2.75, 3.05) is 33.3 Å². The van der Waals surface area contributed by atoms with Crippen LogP contribution in [0.4, 0.5) is 0 Å². The van der Waals surface area contributed by atoms with E-state index < -0.39 is 8.03 Å². The first-order valence-electron chi connectivity index (χ1n) is 10.5. The lowest BCUT2D eigenvalue weighted by molar-refractivity contribution is -0.0556. The van der Waals surface area contributed by atoms with Crippen LogP contribution in [-0.4, -0.2) is 33.3 Å². The Balaban J connectivity index is 2.99. The van der Waals surface area contributed by atoms with Crippen LogP contribution in [0.15, 0.2) is 0 Å². The van der Waals surface area contributed by atoms with Crippen LogP contribution < -0.4 is 0 Å². The van der Waals surface area contributed by atoms with Crippen molar-refractivity contribution in [2.45, 2.75) is 96.8 Å². The average Bonchev–Trinajstić information content (AvgIpc) is 2.63. The summed E-state index contributed by atoms with van der Waals surface area (Å²) in [5.41, 5.74) is 0. The minimum absolute atomic E-state index is 0.445. The molecule has 0 amide bonds. The molecule has 25 heavy (non-hydrogen) atoms. The van der Waals surface area contributed by atoms with Crippen molar-refractivity contribution in [3.63, 3.8) is 0 Å². The van der Waals surface area contributed by atoms with E-state index in [0.717, 1.165) is 38.9 Å². The van der Waals surface area contributed by atoms with Gasteiger partial charge in [-0.05, 0) is 30.2 Å². The first-order valence-corrected chi connectivity index (χ1v) is 11.8. The van der Waals surface area contributed by atoms with Crippen LogP contribution in [0.1, 0.15) is 96.8 Å². The molecule has 0 N–H and O–H groups in total. The molecule has 150 valence electrons. The number of hydrogen-bond donors (Lipinski definition) is 0. The van der Waals surface area contributed by atoms with Gasteiger partial charge in [-0.2, -0.15) is 0 Å². The summed E-state index contributed by atoms with van der Waals surface area (Å²) in [6, 6.07) is 0. The molecule has 0 aromatic rings. The summed E-state index contributed by atoms with van der Waals surface area (Å²) in [7, 11) is 0.104. The molecule has 0 saturated carbocycles. The first-order chi connectivity index (χ1) is 12.3. The zero-order valence-electron chi connectivity index (χ0n) is 16.8. The highest BCUT2D eigenvalue weighted by molar-refractivity contribution is 7.39. The van der Waals surface area contributed by atoms with Crippen LogP contribution in [0.5, 0.6) is 0 Å². The third-order valence-corrected chi connectivity index (χ3v) is 5.48. The Morgan fingerprint density at radius 3 is 1.56 bits per heavy atom. The normalized spacial score (nSPS) is 11.8. The summed E-state index contributed by atoms with van der Waals surface area (Å²) in [5.74, 6) is 0. The van der Waals surface area contributed by atoms with E-state index in [1.165, 1.54) is 71.3 Å². The zero-order valence-corrected chi connectivity index (χ0v) is 17.7. The SMILES string of the molecule is CCCCCCCCCCOCOCCCCCCCC[P+](=O)OC. The van der Waals surface area contributed by atoms with Gasteiger partial charge >= 0.3 is 8.03 Å². The third-order valence-electron chi connectivity index (χ3n) is 4.39. The van der Waals surface area contributed by atoms with Gasteiger partial charge in [0.25, 0.3) is 0 Å². The van der Waals surface area contributed by atoms with E-state index in [4.69, 9.17) is 14.0 Å². The third kappa shape index (κ3) is 21.9. The number of rotatable bonds is 21. The molecule has 0 aromatic carbocycles. The molecule has 0 aliphatic heterocycles. The molecule has 0 aliphatic rings. The highest BCUT2D eigenvalue weighted by Gasteiger charge is 2.12. The monoisotopic (exact) mass is 377 g/mol. The van der Waals surface area contributed by atoms with Gasteiger partial charge in [0.05, 0.1) is 7.11 Å². The molecule has 0 bridgehead atoms. The van der Waals surface area contributed by atoms with Gasteiger partial charge in [0, 0.05) is 13.2 Å². The second-order valence-corrected chi connectivity index (χ2v) is 8.25. The smallest absolute Gasteiger partial charge is 0.355 e. The Hall–Kier alpha value is -0.0200. The Kier molecular flexibility index (Phi) is 22.0. The van der Waals surface area contributed by atoms with Crippen LogP contribution in [0, 0.1) is 0 Å². The van der Waals surface area contributed by atoms with E-state index in [9.17, 15) is 4.57 Å². The van der Waals surface area contributed by atoms with E-state index in [2.05, 4.69) is 6.92 Å². The molecule has 0 fully saturated rings. The predicted molar refractivity (Wildman–Crippen MR) is 107 cm³/mol. The van der Waals surface area contributed by atoms with E-state index >= 15 is 0 Å². The van der Waals surface area contributed by atoms with E-state index in [1.807, 2.05) is 0 Å². The first kappa shape index (κ1) is 25.0. The fraction of sp³-hybridized carbons (Fsp3) is 1.00. The van der Waals surface area contributed by atoms with Gasteiger partial charge in [-0.1, -0.05) is 71.1 Å². The minimum atomic E-state index is -1.41. The van der Waals surface area contributed by atoms with Crippen LogP contribution >= 0.6 is 8.03 Å². The van der Waals surface area contributed by atoms with Crippen molar-refractivity contribution >= 4 is 8.03 Å². The summed E-state index contributed by atoms with van der Waals surface area (Å²) < 4.78 is 26.9. The van der Waals surface area contributed by atoms with Gasteiger partial charge in [-0.25, -0.2) is 0 Å². The maximum atomic E-state index is 11.1. The van der Waals surface area contributed by atoms with Gasteiger partial charge in [-0.15, -0.1) is 4.52 Å². The molecule has 0 rings (SSSR count). The number of unbranched alkanes of at least 4 members (excludes halogenated alkanes) is 12. The highest BCUT2D eigenvalue weighted by Crippen LogP contribution is 2.22. The van der Waals surface area contributed by atoms with Crippen LogP contribution in [0.25, 0.3) is 0 Å². The molecule has 0 spiro atoms. The largest absolute Gasteiger partial charge is 0.507 e. The van der Waals surface area contributed by atoms with Crippen LogP contribution in [0.3, 0.4) is 0 Å². The van der Waals surface area contributed by atoms with E-state index in [1.54, 1.807) is 0 Å². The lowest BCUT2D eigenvalue weighted by Crippen LogP contribution is -2.03. The highest BCUT2D eigenvalue weighted by atomic mass is 31.1. The Morgan fingerprint density at radius 1 is 0.640 bits per heavy atom. The minimum Gasteiger partial charge on any atom is -0.355 e. The number of ether oxygens (including phenoxy) is 2.